The SMILES string of the molecule is CCc1ccccc1-n1nc(-c2ccc(F)cc2)c2c1NCCCC2. The van der Waals surface area contributed by atoms with E-state index in [0.717, 1.165) is 55.0 Å². The maximum Gasteiger partial charge on any atom is 0.133 e. The Morgan fingerprint density at radius 3 is 2.68 bits per heavy atom. The molecule has 25 heavy (non-hydrogen) atoms. The monoisotopic (exact) mass is 335 g/mol. The Kier molecular flexibility index (Phi) is 4.26. The molecule has 128 valence electrons. The zero-order valence-corrected chi connectivity index (χ0v) is 14.4. The van der Waals surface area contributed by atoms with Gasteiger partial charge in [0.05, 0.1) is 11.4 Å². The third kappa shape index (κ3) is 2.93. The van der Waals surface area contributed by atoms with E-state index in [4.69, 9.17) is 5.10 Å². The Morgan fingerprint density at radius 1 is 1.08 bits per heavy atom. The van der Waals surface area contributed by atoms with Crippen molar-refractivity contribution in [3.8, 4) is 16.9 Å². The van der Waals surface area contributed by atoms with Crippen LogP contribution in [-0.2, 0) is 12.8 Å². The van der Waals surface area contributed by atoms with E-state index in [0.29, 0.717) is 0 Å². The Balaban J connectivity index is 1.92. The number of hydrogen-bond acceptors (Lipinski definition) is 2. The van der Waals surface area contributed by atoms with E-state index in [1.165, 1.54) is 23.3 Å². The Morgan fingerprint density at radius 2 is 1.88 bits per heavy atom. The molecule has 2 heterocycles. The van der Waals surface area contributed by atoms with Crippen LogP contribution in [0.25, 0.3) is 16.9 Å². The van der Waals surface area contributed by atoms with Crippen LogP contribution in [0, 0.1) is 5.82 Å². The van der Waals surface area contributed by atoms with E-state index in [9.17, 15) is 4.39 Å². The fourth-order valence-electron chi connectivity index (χ4n) is 3.53. The van der Waals surface area contributed by atoms with Gasteiger partial charge in [0.25, 0.3) is 0 Å². The third-order valence-electron chi connectivity index (χ3n) is 4.85. The Hall–Kier alpha value is -2.62. The molecule has 0 unspecified atom stereocenters. The van der Waals surface area contributed by atoms with Gasteiger partial charge in [0.1, 0.15) is 11.6 Å². The predicted molar refractivity (Wildman–Crippen MR) is 99.8 cm³/mol. The molecule has 1 aliphatic heterocycles. The zero-order valence-electron chi connectivity index (χ0n) is 14.4. The van der Waals surface area contributed by atoms with Crippen molar-refractivity contribution in [1.29, 1.82) is 0 Å². The smallest absolute Gasteiger partial charge is 0.133 e. The summed E-state index contributed by atoms with van der Waals surface area (Å²) in [5.74, 6) is 0.862. The lowest BCUT2D eigenvalue weighted by Crippen LogP contribution is -2.08. The van der Waals surface area contributed by atoms with Crippen LogP contribution in [0.3, 0.4) is 0 Å². The number of rotatable bonds is 3. The average molecular weight is 335 g/mol. The number of nitrogens with one attached hydrogen (secondary N) is 1. The van der Waals surface area contributed by atoms with Gasteiger partial charge in [-0.3, -0.25) is 0 Å². The van der Waals surface area contributed by atoms with Gasteiger partial charge in [-0.25, -0.2) is 9.07 Å². The van der Waals surface area contributed by atoms with Crippen LogP contribution in [0.15, 0.2) is 48.5 Å². The first-order valence-corrected chi connectivity index (χ1v) is 8.98. The molecule has 1 N–H and O–H groups in total. The van der Waals surface area contributed by atoms with Gasteiger partial charge in [0.2, 0.25) is 0 Å². The lowest BCUT2D eigenvalue weighted by Gasteiger charge is -2.12. The second kappa shape index (κ2) is 6.71. The molecule has 4 heteroatoms. The van der Waals surface area contributed by atoms with Crippen molar-refractivity contribution in [3.63, 3.8) is 0 Å². The summed E-state index contributed by atoms with van der Waals surface area (Å²) in [7, 11) is 0. The molecule has 0 fully saturated rings. The van der Waals surface area contributed by atoms with Gasteiger partial charge in [0.15, 0.2) is 0 Å². The molecule has 4 rings (SSSR count). The number of aryl methyl sites for hydroxylation is 1. The van der Waals surface area contributed by atoms with Crippen molar-refractivity contribution < 1.29 is 4.39 Å². The highest BCUT2D eigenvalue weighted by Crippen LogP contribution is 2.34. The van der Waals surface area contributed by atoms with E-state index in [-0.39, 0.29) is 5.82 Å². The minimum atomic E-state index is -0.219. The second-order valence-electron chi connectivity index (χ2n) is 6.46. The molecule has 0 radical (unpaired) electrons. The summed E-state index contributed by atoms with van der Waals surface area (Å²) >= 11 is 0. The third-order valence-corrected chi connectivity index (χ3v) is 4.85. The number of fused-ring (bicyclic) bond motifs is 1. The van der Waals surface area contributed by atoms with E-state index < -0.39 is 0 Å². The molecule has 3 nitrogen and oxygen atoms in total. The minimum absolute atomic E-state index is 0.219. The van der Waals surface area contributed by atoms with Crippen molar-refractivity contribution in [3.05, 3.63) is 65.5 Å². The topological polar surface area (TPSA) is 29.9 Å². The number of nitrogens with zero attached hydrogens (tertiary/aromatic N) is 2. The fraction of sp³-hybridized carbons (Fsp3) is 0.286. The fourth-order valence-corrected chi connectivity index (χ4v) is 3.53. The zero-order chi connectivity index (χ0) is 17.2. The highest BCUT2D eigenvalue weighted by atomic mass is 19.1. The van der Waals surface area contributed by atoms with Gasteiger partial charge < -0.3 is 5.32 Å². The lowest BCUT2D eigenvalue weighted by molar-refractivity contribution is 0.628. The van der Waals surface area contributed by atoms with Crippen LogP contribution in [-0.4, -0.2) is 16.3 Å². The number of hydrogen-bond donors (Lipinski definition) is 1. The highest BCUT2D eigenvalue weighted by Gasteiger charge is 2.22. The average Bonchev–Trinajstić information content (AvgIpc) is 2.83. The lowest BCUT2D eigenvalue weighted by atomic mass is 10.0. The van der Waals surface area contributed by atoms with Crippen LogP contribution in [0.5, 0.6) is 0 Å². The molecule has 0 saturated heterocycles. The van der Waals surface area contributed by atoms with Crippen LogP contribution in [0.1, 0.15) is 30.9 Å². The van der Waals surface area contributed by atoms with Crippen molar-refractivity contribution in [2.24, 2.45) is 0 Å². The van der Waals surface area contributed by atoms with Gasteiger partial charge in [-0.1, -0.05) is 25.1 Å². The van der Waals surface area contributed by atoms with Crippen molar-refractivity contribution in [2.45, 2.75) is 32.6 Å². The standard InChI is InChI=1S/C21H22FN3/c1-2-15-7-3-4-9-19(15)25-21-18(8-5-6-14-23-21)20(24-25)16-10-12-17(22)13-11-16/h3-4,7,9-13,23H,2,5-6,8,14H2,1H3. The van der Waals surface area contributed by atoms with Crippen LogP contribution >= 0.6 is 0 Å². The minimum Gasteiger partial charge on any atom is -0.370 e. The molecule has 0 bridgehead atoms. The van der Waals surface area contributed by atoms with Gasteiger partial charge in [-0.15, -0.1) is 0 Å². The van der Waals surface area contributed by atoms with Gasteiger partial charge in [-0.2, -0.15) is 5.10 Å². The number of halogens is 1. The molecule has 0 amide bonds. The normalized spacial score (nSPS) is 13.8. The Bertz CT molecular complexity index is 881. The Labute approximate surface area is 147 Å². The van der Waals surface area contributed by atoms with Crippen LogP contribution in [0.4, 0.5) is 10.2 Å². The largest absolute Gasteiger partial charge is 0.370 e. The quantitative estimate of drug-likeness (QED) is 0.731. The summed E-state index contributed by atoms with van der Waals surface area (Å²) in [4.78, 5) is 0. The summed E-state index contributed by atoms with van der Waals surface area (Å²) in [5.41, 5.74) is 5.54. The molecule has 3 aromatic rings. The van der Waals surface area contributed by atoms with Gasteiger partial charge >= 0.3 is 0 Å². The highest BCUT2D eigenvalue weighted by molar-refractivity contribution is 5.71. The van der Waals surface area contributed by atoms with Gasteiger partial charge in [0, 0.05) is 17.7 Å². The molecule has 2 aromatic carbocycles. The summed E-state index contributed by atoms with van der Waals surface area (Å²) < 4.78 is 15.4. The summed E-state index contributed by atoms with van der Waals surface area (Å²) in [6.07, 6.45) is 4.22. The van der Waals surface area contributed by atoms with E-state index in [1.54, 1.807) is 0 Å². The molecule has 1 aromatic heterocycles. The molecule has 1 aliphatic rings. The van der Waals surface area contributed by atoms with Crippen LogP contribution in [0.2, 0.25) is 0 Å². The van der Waals surface area contributed by atoms with Crippen molar-refractivity contribution >= 4 is 5.82 Å². The number of benzene rings is 2. The number of para-hydroxylation sites is 1. The predicted octanol–water partition coefficient (Wildman–Crippen LogP) is 4.99. The number of anilines is 1. The first-order chi connectivity index (χ1) is 12.3. The van der Waals surface area contributed by atoms with E-state index in [2.05, 4.69) is 36.5 Å². The molecule has 0 saturated carbocycles. The summed E-state index contributed by atoms with van der Waals surface area (Å²) in [5, 5.41) is 8.52. The first-order valence-electron chi connectivity index (χ1n) is 8.98. The second-order valence-corrected chi connectivity index (χ2v) is 6.46. The maximum atomic E-state index is 13.3. The molecule has 0 aliphatic carbocycles. The maximum absolute atomic E-state index is 13.3. The molecular formula is C21H22FN3. The van der Waals surface area contributed by atoms with Crippen molar-refractivity contribution in [2.75, 3.05) is 11.9 Å². The number of aromatic nitrogens is 2. The van der Waals surface area contributed by atoms with E-state index >= 15 is 0 Å². The summed E-state index contributed by atoms with van der Waals surface area (Å²) in [6, 6.07) is 15.0. The summed E-state index contributed by atoms with van der Waals surface area (Å²) in [6.45, 7) is 3.12. The molecule has 0 spiro atoms. The van der Waals surface area contributed by atoms with Crippen molar-refractivity contribution in [1.82, 2.24) is 9.78 Å². The molecular weight excluding hydrogens is 313 g/mol. The van der Waals surface area contributed by atoms with Gasteiger partial charge in [-0.05, 0) is 61.6 Å². The molecule has 0 atom stereocenters. The first kappa shape index (κ1) is 15.9. The van der Waals surface area contributed by atoms with E-state index in [1.807, 2.05) is 16.8 Å². The van der Waals surface area contributed by atoms with Crippen LogP contribution < -0.4 is 5.32 Å².